The Kier molecular flexibility index (Phi) is 27.4. The number of nitrogens with zero attached hydrogens (tertiary/aromatic N) is 2. The molecule has 2 aromatic carbocycles. The number of carbonyl (C=O) groups excluding carboxylic acids is 5. The number of esters is 2. The molecule has 2 aromatic heterocycles. The van der Waals surface area contributed by atoms with E-state index in [1.165, 1.54) is 54.4 Å². The van der Waals surface area contributed by atoms with Gasteiger partial charge in [-0.15, -0.1) is 0 Å². The molecule has 2 heterocycles. The number of aromatic nitrogens is 2. The zero-order chi connectivity index (χ0) is 63.9. The summed E-state index contributed by atoms with van der Waals surface area (Å²) < 4.78 is 134. The molecule has 0 bridgehead atoms. The van der Waals surface area contributed by atoms with Crippen LogP contribution in [0.5, 0.6) is 0 Å². The quantitative estimate of drug-likeness (QED) is 0.0112. The number of halogens is 7. The van der Waals surface area contributed by atoms with Gasteiger partial charge >= 0.3 is 24.3 Å². The molecule has 0 aliphatic heterocycles. The summed E-state index contributed by atoms with van der Waals surface area (Å²) in [7, 11) is -3.44. The van der Waals surface area contributed by atoms with Crippen molar-refractivity contribution in [1.29, 1.82) is 0 Å². The van der Waals surface area contributed by atoms with Crippen LogP contribution in [0.4, 0.5) is 32.0 Å². The van der Waals surface area contributed by atoms with Crippen molar-refractivity contribution in [2.45, 2.75) is 156 Å². The van der Waals surface area contributed by atoms with Crippen molar-refractivity contribution in [3.05, 3.63) is 122 Å². The number of anilines is 1. The van der Waals surface area contributed by atoms with Crippen molar-refractivity contribution < 1.29 is 76.6 Å². The number of pyridine rings is 2. The molecule has 2 fully saturated rings. The van der Waals surface area contributed by atoms with Crippen LogP contribution in [-0.2, 0) is 75.1 Å². The first-order valence-corrected chi connectivity index (χ1v) is 32.2. The lowest BCUT2D eigenvalue weighted by atomic mass is 9.65. The van der Waals surface area contributed by atoms with E-state index in [1.54, 1.807) is 36.4 Å². The van der Waals surface area contributed by atoms with Crippen LogP contribution in [0.3, 0.4) is 0 Å². The number of ether oxygens (including phenoxy) is 2. The Balaban J connectivity index is 0.000000376. The summed E-state index contributed by atoms with van der Waals surface area (Å²) in [6, 6.07) is 14.0. The molecule has 0 saturated heterocycles. The fourth-order valence-electron chi connectivity index (χ4n) is 10.2. The molecule has 86 heavy (non-hydrogen) atoms. The fraction of sp³-hybridized carbons (Fsp3) is 0.533. The number of hydrogen-bond acceptors (Lipinski definition) is 15. The van der Waals surface area contributed by atoms with Gasteiger partial charge in [-0.1, -0.05) is 81.7 Å². The summed E-state index contributed by atoms with van der Waals surface area (Å²) in [5.74, 6) is -1.56. The number of unbranched alkanes of at least 4 members (excludes halogenated alkanes) is 2. The number of aryl methyl sites for hydroxylation is 4. The summed E-state index contributed by atoms with van der Waals surface area (Å²) in [5.41, 5.74) is 5.06. The Morgan fingerprint density at radius 1 is 0.640 bits per heavy atom. The number of methoxy groups -OCH3 is 2. The van der Waals surface area contributed by atoms with Gasteiger partial charge in [0.25, 0.3) is 5.24 Å². The average molecular weight is 1290 g/mol. The second kappa shape index (κ2) is 31.7. The van der Waals surface area contributed by atoms with Crippen molar-refractivity contribution in [3.8, 4) is 0 Å². The lowest BCUT2D eigenvalue weighted by Gasteiger charge is -2.43. The highest BCUT2D eigenvalue weighted by atomic mass is 35.5. The summed E-state index contributed by atoms with van der Waals surface area (Å²) in [4.78, 5) is 70.0. The van der Waals surface area contributed by atoms with E-state index in [2.05, 4.69) is 20.6 Å². The van der Waals surface area contributed by atoms with Gasteiger partial charge in [-0.2, -0.15) is 26.3 Å². The van der Waals surface area contributed by atoms with Crippen molar-refractivity contribution in [2.75, 3.05) is 44.0 Å². The van der Waals surface area contributed by atoms with Crippen molar-refractivity contribution >= 4 is 83.0 Å². The van der Waals surface area contributed by atoms with E-state index in [1.807, 2.05) is 12.1 Å². The third-order valence-electron chi connectivity index (χ3n) is 15.0. The van der Waals surface area contributed by atoms with Crippen molar-refractivity contribution in [3.63, 3.8) is 0 Å². The smallest absolute Gasteiger partial charge is 0.417 e. The van der Waals surface area contributed by atoms with Gasteiger partial charge in [0, 0.05) is 76.9 Å². The lowest BCUT2D eigenvalue weighted by molar-refractivity contribution is -0.148. The van der Waals surface area contributed by atoms with E-state index in [4.69, 9.17) is 39.0 Å². The first-order valence-electron chi connectivity index (χ1n) is 27.3. The molecule has 26 heteroatoms. The number of nitrogens with one attached hydrogen (secondary N) is 2. The van der Waals surface area contributed by atoms with E-state index < -0.39 is 94.7 Å². The van der Waals surface area contributed by atoms with Crippen LogP contribution in [0.15, 0.2) is 60.7 Å². The zero-order valence-electron chi connectivity index (χ0n) is 48.8. The van der Waals surface area contributed by atoms with Crippen LogP contribution >= 0.6 is 23.8 Å². The molecule has 2 saturated carbocycles. The summed E-state index contributed by atoms with van der Waals surface area (Å²) >= 11 is 10.8. The molecule has 16 nitrogen and oxygen atoms in total. The number of sulfone groups is 2. The van der Waals surface area contributed by atoms with E-state index in [9.17, 15) is 67.2 Å². The first kappa shape index (κ1) is 74.2. The summed E-state index contributed by atoms with van der Waals surface area (Å²) in [5, 5.41) is 4.91. The molecule has 2 unspecified atom stereocenters. The second-order valence-electron chi connectivity index (χ2n) is 21.9. The number of hydrogen-bond donors (Lipinski definition) is 3. The summed E-state index contributed by atoms with van der Waals surface area (Å²) in [6.45, 7) is 5.58. The van der Waals surface area contributed by atoms with Crippen molar-refractivity contribution in [1.82, 2.24) is 20.6 Å². The minimum absolute atomic E-state index is 0. The van der Waals surface area contributed by atoms with Crippen LogP contribution < -0.4 is 16.4 Å². The van der Waals surface area contributed by atoms with E-state index in [0.29, 0.717) is 54.8 Å². The highest BCUT2D eigenvalue weighted by Crippen LogP contribution is 2.47. The maximum absolute atomic E-state index is 13.6. The number of Topliss-reactive ketones (excluding diaryl/α,β-unsaturated/α-hetero) is 1. The number of nitrogens with two attached hydrogens (primary N) is 1. The van der Waals surface area contributed by atoms with Gasteiger partial charge in [-0.05, 0) is 132 Å². The molecule has 6 rings (SSSR count). The van der Waals surface area contributed by atoms with E-state index >= 15 is 0 Å². The van der Waals surface area contributed by atoms with E-state index in [-0.39, 0.29) is 65.9 Å². The molecule has 476 valence electrons. The molecule has 2 aliphatic carbocycles. The Hall–Kier alpha value is -6.05. The molecule has 0 spiro atoms. The minimum atomic E-state index is -4.68. The number of ketones is 1. The second-order valence-corrected chi connectivity index (χ2v) is 27.2. The van der Waals surface area contributed by atoms with Gasteiger partial charge in [-0.25, -0.2) is 26.4 Å². The van der Waals surface area contributed by atoms with Gasteiger partial charge in [0.15, 0.2) is 5.78 Å². The maximum Gasteiger partial charge on any atom is 0.417 e. The van der Waals surface area contributed by atoms with Crippen LogP contribution in [0.1, 0.15) is 156 Å². The minimum Gasteiger partial charge on any atom is -0.467 e. The number of nitrogen functional groups attached to an aromatic ring is 1. The third-order valence-corrected chi connectivity index (χ3v) is 17.8. The van der Waals surface area contributed by atoms with Crippen LogP contribution in [0, 0.1) is 38.5 Å². The fourth-order valence-corrected chi connectivity index (χ4v) is 12.4. The Morgan fingerprint density at radius 2 is 1.02 bits per heavy atom. The van der Waals surface area contributed by atoms with Gasteiger partial charge in [-0.3, -0.25) is 24.4 Å². The number of thiocarbonyl (C=S) groups is 1. The summed E-state index contributed by atoms with van der Waals surface area (Å²) in [6.07, 6.45) is 2.51. The van der Waals surface area contributed by atoms with Crippen LogP contribution in [0.25, 0.3) is 0 Å². The third kappa shape index (κ3) is 22.3. The highest BCUT2D eigenvalue weighted by Gasteiger charge is 2.45. The first-order chi connectivity index (χ1) is 39.4. The predicted octanol–water partition coefficient (Wildman–Crippen LogP) is 11.1. The molecule has 4 aromatic rings. The average Bonchev–Trinajstić information content (AvgIpc) is 1.34. The molecule has 2 aliphatic rings. The highest BCUT2D eigenvalue weighted by molar-refractivity contribution is 7.90. The van der Waals surface area contributed by atoms with Gasteiger partial charge in [0.05, 0.1) is 47.2 Å². The monoisotopic (exact) mass is 1290 g/mol. The normalized spacial score (nSPS) is 15.0. The molecular formula is C60H78ClF6N5O11S3. The van der Waals surface area contributed by atoms with Crippen LogP contribution in [-0.4, -0.2) is 111 Å². The Labute approximate surface area is 510 Å². The predicted molar refractivity (Wildman–Crippen MR) is 322 cm³/mol. The number of benzene rings is 2. The molecule has 1 amide bonds. The number of rotatable bonds is 24. The largest absolute Gasteiger partial charge is 0.467 e. The Bertz CT molecular complexity index is 3270. The number of amides is 1. The van der Waals surface area contributed by atoms with Crippen LogP contribution in [0.2, 0.25) is 0 Å². The lowest BCUT2D eigenvalue weighted by Crippen LogP contribution is -2.52. The van der Waals surface area contributed by atoms with Gasteiger partial charge in [0.1, 0.15) is 31.8 Å². The zero-order valence-corrected chi connectivity index (χ0v) is 52.0. The van der Waals surface area contributed by atoms with E-state index in [0.717, 1.165) is 68.2 Å². The van der Waals surface area contributed by atoms with Crippen molar-refractivity contribution in [2.24, 2.45) is 10.8 Å². The standard InChI is InChI=1S/C30H37F3N2O5S2.C20H30N2O5S.C9H7ClF3NO.CH4/c1-19-16-23(30(31,32)33)26(20(2)34-19)25(36)18-22-10-8-21(9-11-22)17-24(27(37)40-3)35-28(41)29(13-7-14-29)12-5-6-15-42(4,38)39;1-27-18(23)17(14-15-6-8-16(21)9-7-15)22-19(24)20(11-5-12-20)10-3-4-13-28(2,25)26;1-4-3-6(9(11,12)13)7(8(10)15)5(2)14-4;/h8-11,16,24H,5-7,12-15,17-18H2,1-4H3,(H,35,41);6-9,17H,3-5,10-14,21H2,1-2H3,(H,22,24);3H,1-2H3;1H4. The van der Waals surface area contributed by atoms with Gasteiger partial charge < -0.3 is 25.8 Å². The molecular weight excluding hydrogens is 1210 g/mol. The number of alkyl halides is 6. The Morgan fingerprint density at radius 3 is 1.41 bits per heavy atom. The molecule has 2 atom stereocenters. The number of carbonyl (C=O) groups is 5. The molecule has 4 N–H and O–H groups in total. The van der Waals surface area contributed by atoms with Gasteiger partial charge in [0.2, 0.25) is 5.91 Å². The topological polar surface area (TPSA) is 248 Å². The maximum atomic E-state index is 13.6. The SMILES string of the molecule is C.COC(=O)C(Cc1ccc(CC(=O)c2c(C(F)(F)F)cc(C)nc2C)cc1)NC(=S)C1(CCCCS(C)(=O)=O)CCC1.COC(=O)C(Cc1ccc(N)cc1)NC(=O)C1(CCCCS(C)(=O)=O)CCC1.Cc1cc(C(F)(F)F)c(C(=O)Cl)c(C)n1. The molecule has 0 radical (unpaired) electrons.